The van der Waals surface area contributed by atoms with Gasteiger partial charge in [0, 0.05) is 4.47 Å². The van der Waals surface area contributed by atoms with Crippen LogP contribution >= 0.6 is 15.9 Å². The molecule has 0 heterocycles. The fraction of sp³-hybridized carbons (Fsp3) is 0.143. The molecular formula is C14H13BrFNO3S. The van der Waals surface area contributed by atoms with Gasteiger partial charge in [-0.2, -0.15) is 0 Å². The van der Waals surface area contributed by atoms with Crippen molar-refractivity contribution < 1.29 is 17.5 Å². The van der Waals surface area contributed by atoms with Crippen LogP contribution in [0.4, 0.5) is 10.1 Å². The lowest BCUT2D eigenvalue weighted by Gasteiger charge is -2.13. The molecule has 0 atom stereocenters. The Bertz CT molecular complexity index is 778. The molecule has 0 amide bonds. The molecular weight excluding hydrogens is 361 g/mol. The van der Waals surface area contributed by atoms with Gasteiger partial charge in [0.15, 0.2) is 0 Å². The predicted molar refractivity (Wildman–Crippen MR) is 82.6 cm³/mol. The van der Waals surface area contributed by atoms with E-state index in [2.05, 4.69) is 20.7 Å². The number of benzene rings is 2. The maximum Gasteiger partial charge on any atom is 0.265 e. The number of sulfonamides is 1. The Morgan fingerprint density at radius 1 is 1.19 bits per heavy atom. The summed E-state index contributed by atoms with van der Waals surface area (Å²) in [6, 6.07) is 8.78. The number of rotatable bonds is 4. The molecule has 0 bridgehead atoms. The highest BCUT2D eigenvalue weighted by atomic mass is 79.9. The minimum atomic E-state index is -3.96. The van der Waals surface area contributed by atoms with Crippen LogP contribution in [-0.4, -0.2) is 15.5 Å². The number of halogens is 2. The molecule has 2 aromatic rings. The van der Waals surface area contributed by atoms with Gasteiger partial charge < -0.3 is 4.74 Å². The molecule has 0 spiro atoms. The van der Waals surface area contributed by atoms with Gasteiger partial charge in [0.25, 0.3) is 10.0 Å². The number of aryl methyl sites for hydroxylation is 1. The van der Waals surface area contributed by atoms with Gasteiger partial charge in [-0.1, -0.05) is 22.0 Å². The summed E-state index contributed by atoms with van der Waals surface area (Å²) in [6.45, 7) is 1.75. The Morgan fingerprint density at radius 3 is 2.57 bits per heavy atom. The predicted octanol–water partition coefficient (Wildman–Crippen LogP) is 3.71. The molecule has 0 saturated heterocycles. The third-order valence-electron chi connectivity index (χ3n) is 2.78. The number of methoxy groups -OCH3 is 1. The monoisotopic (exact) mass is 373 g/mol. The van der Waals surface area contributed by atoms with E-state index in [-0.39, 0.29) is 16.3 Å². The first-order valence-electron chi connectivity index (χ1n) is 5.96. The van der Waals surface area contributed by atoms with Crippen LogP contribution in [0.25, 0.3) is 0 Å². The summed E-state index contributed by atoms with van der Waals surface area (Å²) in [5.41, 5.74) is 0.646. The number of nitrogens with one attached hydrogen (secondary N) is 1. The van der Waals surface area contributed by atoms with Gasteiger partial charge in [0.2, 0.25) is 0 Å². The van der Waals surface area contributed by atoms with Crippen molar-refractivity contribution in [3.8, 4) is 5.75 Å². The van der Waals surface area contributed by atoms with Crippen LogP contribution in [-0.2, 0) is 10.0 Å². The molecule has 2 rings (SSSR count). The minimum Gasteiger partial charge on any atom is -0.495 e. The van der Waals surface area contributed by atoms with Gasteiger partial charge in [0.05, 0.1) is 12.8 Å². The van der Waals surface area contributed by atoms with Crippen molar-refractivity contribution in [3.63, 3.8) is 0 Å². The second-order valence-electron chi connectivity index (χ2n) is 4.38. The summed E-state index contributed by atoms with van der Waals surface area (Å²) >= 11 is 3.21. The molecule has 0 saturated carbocycles. The van der Waals surface area contributed by atoms with E-state index >= 15 is 0 Å². The molecule has 4 nitrogen and oxygen atoms in total. The third kappa shape index (κ3) is 3.54. The van der Waals surface area contributed by atoms with Crippen molar-refractivity contribution in [3.05, 3.63) is 52.3 Å². The molecule has 0 fully saturated rings. The van der Waals surface area contributed by atoms with Crippen LogP contribution in [0.1, 0.15) is 5.56 Å². The summed E-state index contributed by atoms with van der Waals surface area (Å²) in [6.07, 6.45) is 0. The Hall–Kier alpha value is -1.60. The zero-order chi connectivity index (χ0) is 15.6. The molecule has 0 aliphatic carbocycles. The lowest BCUT2D eigenvalue weighted by molar-refractivity contribution is 0.402. The van der Waals surface area contributed by atoms with Crippen molar-refractivity contribution >= 4 is 31.6 Å². The standard InChI is InChI=1S/C14H13BrFNO3S/c1-9-3-5-11(16)12(7-9)17-21(18,19)14-8-10(15)4-6-13(14)20-2/h3-8,17H,1-2H3. The van der Waals surface area contributed by atoms with E-state index in [1.54, 1.807) is 19.1 Å². The maximum absolute atomic E-state index is 13.7. The van der Waals surface area contributed by atoms with Gasteiger partial charge in [-0.25, -0.2) is 12.8 Å². The summed E-state index contributed by atoms with van der Waals surface area (Å²) in [4.78, 5) is -0.0692. The molecule has 112 valence electrons. The fourth-order valence-corrected chi connectivity index (χ4v) is 3.54. The fourth-order valence-electron chi connectivity index (χ4n) is 1.78. The van der Waals surface area contributed by atoms with Crippen LogP contribution < -0.4 is 9.46 Å². The van der Waals surface area contributed by atoms with E-state index in [9.17, 15) is 12.8 Å². The second-order valence-corrected chi connectivity index (χ2v) is 6.95. The molecule has 0 aromatic heterocycles. The van der Waals surface area contributed by atoms with Crippen LogP contribution in [0.5, 0.6) is 5.75 Å². The van der Waals surface area contributed by atoms with Crippen molar-refractivity contribution in [1.29, 1.82) is 0 Å². The zero-order valence-corrected chi connectivity index (χ0v) is 13.8. The first-order valence-corrected chi connectivity index (χ1v) is 8.23. The molecule has 0 aliphatic heterocycles. The Kier molecular flexibility index (Phi) is 4.53. The van der Waals surface area contributed by atoms with E-state index in [1.165, 1.54) is 31.4 Å². The van der Waals surface area contributed by atoms with Gasteiger partial charge >= 0.3 is 0 Å². The van der Waals surface area contributed by atoms with Crippen LogP contribution in [0.2, 0.25) is 0 Å². The highest BCUT2D eigenvalue weighted by Gasteiger charge is 2.21. The zero-order valence-electron chi connectivity index (χ0n) is 11.4. The molecule has 0 radical (unpaired) electrons. The van der Waals surface area contributed by atoms with Crippen molar-refractivity contribution in [1.82, 2.24) is 0 Å². The first-order chi connectivity index (χ1) is 9.83. The van der Waals surface area contributed by atoms with Gasteiger partial charge in [-0.15, -0.1) is 0 Å². The van der Waals surface area contributed by atoms with Crippen LogP contribution in [0, 0.1) is 12.7 Å². The second kappa shape index (κ2) is 6.03. The van der Waals surface area contributed by atoms with Crippen LogP contribution in [0.3, 0.4) is 0 Å². The first kappa shape index (κ1) is 15.8. The number of hydrogen-bond acceptors (Lipinski definition) is 3. The third-order valence-corrected chi connectivity index (χ3v) is 4.66. The number of anilines is 1. The lowest BCUT2D eigenvalue weighted by Crippen LogP contribution is -2.15. The van der Waals surface area contributed by atoms with Crippen LogP contribution in [0.15, 0.2) is 45.8 Å². The van der Waals surface area contributed by atoms with Gasteiger partial charge in [0.1, 0.15) is 16.5 Å². The summed E-state index contributed by atoms with van der Waals surface area (Å²) in [5.74, 6) is -0.461. The molecule has 7 heteroatoms. The van der Waals surface area contributed by atoms with Crippen molar-refractivity contribution in [2.75, 3.05) is 11.8 Å². The largest absolute Gasteiger partial charge is 0.495 e. The van der Waals surface area contributed by atoms with Gasteiger partial charge in [-0.3, -0.25) is 4.72 Å². The van der Waals surface area contributed by atoms with E-state index in [4.69, 9.17) is 4.74 Å². The smallest absolute Gasteiger partial charge is 0.265 e. The molecule has 0 aliphatic rings. The summed E-state index contributed by atoms with van der Waals surface area (Å²) in [5, 5.41) is 0. The van der Waals surface area contributed by atoms with Crippen molar-refractivity contribution in [2.24, 2.45) is 0 Å². The summed E-state index contributed by atoms with van der Waals surface area (Å²) in [7, 11) is -2.59. The lowest BCUT2D eigenvalue weighted by atomic mass is 10.2. The Labute approximate surface area is 131 Å². The average Bonchev–Trinajstić information content (AvgIpc) is 2.42. The molecule has 1 N–H and O–H groups in total. The Morgan fingerprint density at radius 2 is 1.90 bits per heavy atom. The molecule has 21 heavy (non-hydrogen) atoms. The molecule has 2 aromatic carbocycles. The van der Waals surface area contributed by atoms with E-state index in [1.807, 2.05) is 0 Å². The normalized spacial score (nSPS) is 11.2. The highest BCUT2D eigenvalue weighted by Crippen LogP contribution is 2.29. The van der Waals surface area contributed by atoms with E-state index < -0.39 is 15.8 Å². The Balaban J connectivity index is 2.48. The van der Waals surface area contributed by atoms with E-state index in [0.717, 1.165) is 5.56 Å². The quantitative estimate of drug-likeness (QED) is 0.888. The number of ether oxygens (including phenoxy) is 1. The van der Waals surface area contributed by atoms with Crippen molar-refractivity contribution in [2.45, 2.75) is 11.8 Å². The van der Waals surface area contributed by atoms with E-state index in [0.29, 0.717) is 4.47 Å². The average molecular weight is 374 g/mol. The number of hydrogen-bond donors (Lipinski definition) is 1. The maximum atomic E-state index is 13.7. The van der Waals surface area contributed by atoms with Gasteiger partial charge in [-0.05, 0) is 42.8 Å². The highest BCUT2D eigenvalue weighted by molar-refractivity contribution is 9.10. The topological polar surface area (TPSA) is 55.4 Å². The SMILES string of the molecule is COc1ccc(Br)cc1S(=O)(=O)Nc1cc(C)ccc1F. The minimum absolute atomic E-state index is 0.0692. The molecule has 0 unspecified atom stereocenters. The summed E-state index contributed by atoms with van der Waals surface area (Å²) < 4.78 is 46.4.